The van der Waals surface area contributed by atoms with E-state index in [0.29, 0.717) is 6.04 Å². The molecule has 0 unspecified atom stereocenters. The van der Waals surface area contributed by atoms with Gasteiger partial charge in [0.1, 0.15) is 4.60 Å². The highest BCUT2D eigenvalue weighted by Crippen LogP contribution is 2.17. The van der Waals surface area contributed by atoms with Gasteiger partial charge in [-0.05, 0) is 53.0 Å². The minimum Gasteiger partial charge on any atom is -0.305 e. The molecule has 1 atom stereocenters. The number of aromatic nitrogens is 1. The molecule has 0 amide bonds. The Balaban J connectivity index is 2.00. The molecule has 0 spiro atoms. The van der Waals surface area contributed by atoms with Crippen LogP contribution in [0, 0.1) is 6.92 Å². The van der Waals surface area contributed by atoms with Gasteiger partial charge in [0.15, 0.2) is 0 Å². The highest BCUT2D eigenvalue weighted by atomic mass is 79.9. The number of halogens is 1. The third kappa shape index (κ3) is 3.40. The van der Waals surface area contributed by atoms with Crippen molar-refractivity contribution in [1.29, 1.82) is 0 Å². The molecule has 1 aromatic carbocycles. The lowest BCUT2D eigenvalue weighted by molar-refractivity contribution is 0.565. The molecule has 94 valence electrons. The van der Waals surface area contributed by atoms with Crippen LogP contribution >= 0.6 is 15.9 Å². The van der Waals surface area contributed by atoms with Gasteiger partial charge in [0.25, 0.3) is 0 Å². The molecule has 1 aromatic heterocycles. The average Bonchev–Trinajstić information content (AvgIpc) is 2.37. The van der Waals surface area contributed by atoms with Gasteiger partial charge in [-0.1, -0.05) is 30.3 Å². The van der Waals surface area contributed by atoms with E-state index in [0.717, 1.165) is 16.8 Å². The van der Waals surface area contributed by atoms with Gasteiger partial charge in [-0.25, -0.2) is 4.98 Å². The SMILES string of the molecule is Cc1ccccc1[C@H](C)NCc1cccc(Br)n1. The summed E-state index contributed by atoms with van der Waals surface area (Å²) in [5.41, 5.74) is 3.71. The Hall–Kier alpha value is -1.19. The first-order valence-electron chi connectivity index (χ1n) is 6.07. The molecule has 2 aromatic rings. The molecule has 3 heteroatoms. The lowest BCUT2D eigenvalue weighted by Crippen LogP contribution is -2.19. The molecular formula is C15H17BrN2. The molecule has 2 rings (SSSR count). The van der Waals surface area contributed by atoms with E-state index in [1.807, 2.05) is 18.2 Å². The topological polar surface area (TPSA) is 24.9 Å². The van der Waals surface area contributed by atoms with Crippen molar-refractivity contribution in [2.45, 2.75) is 26.4 Å². The molecule has 0 saturated heterocycles. The molecule has 0 bridgehead atoms. The van der Waals surface area contributed by atoms with Crippen LogP contribution in [0.25, 0.3) is 0 Å². The van der Waals surface area contributed by atoms with Gasteiger partial charge in [0.05, 0.1) is 5.69 Å². The molecule has 0 aliphatic carbocycles. The number of hydrogen-bond donors (Lipinski definition) is 1. The van der Waals surface area contributed by atoms with E-state index in [-0.39, 0.29) is 0 Å². The quantitative estimate of drug-likeness (QED) is 0.864. The van der Waals surface area contributed by atoms with Crippen LogP contribution in [-0.2, 0) is 6.54 Å². The zero-order chi connectivity index (χ0) is 13.0. The summed E-state index contributed by atoms with van der Waals surface area (Å²) in [6, 6.07) is 14.8. The molecule has 0 aliphatic heterocycles. The number of rotatable bonds is 4. The van der Waals surface area contributed by atoms with Crippen LogP contribution in [0.2, 0.25) is 0 Å². The van der Waals surface area contributed by atoms with Gasteiger partial charge in [0.2, 0.25) is 0 Å². The zero-order valence-corrected chi connectivity index (χ0v) is 12.2. The summed E-state index contributed by atoms with van der Waals surface area (Å²) in [7, 11) is 0. The molecule has 0 saturated carbocycles. The van der Waals surface area contributed by atoms with Crippen molar-refractivity contribution in [3.63, 3.8) is 0 Å². The van der Waals surface area contributed by atoms with Gasteiger partial charge < -0.3 is 5.32 Å². The van der Waals surface area contributed by atoms with Crippen molar-refractivity contribution >= 4 is 15.9 Å². The first-order chi connectivity index (χ1) is 8.66. The van der Waals surface area contributed by atoms with Crippen molar-refractivity contribution in [3.05, 3.63) is 63.9 Å². The van der Waals surface area contributed by atoms with Crippen molar-refractivity contribution in [1.82, 2.24) is 10.3 Å². The number of benzene rings is 1. The molecule has 1 N–H and O–H groups in total. The molecule has 1 heterocycles. The lowest BCUT2D eigenvalue weighted by Gasteiger charge is -2.16. The van der Waals surface area contributed by atoms with E-state index in [1.165, 1.54) is 11.1 Å². The fraction of sp³-hybridized carbons (Fsp3) is 0.267. The highest BCUT2D eigenvalue weighted by molar-refractivity contribution is 9.10. The van der Waals surface area contributed by atoms with Crippen LogP contribution in [0.4, 0.5) is 0 Å². The summed E-state index contributed by atoms with van der Waals surface area (Å²) in [6.07, 6.45) is 0. The van der Waals surface area contributed by atoms with Gasteiger partial charge in [-0.2, -0.15) is 0 Å². The Morgan fingerprint density at radius 3 is 2.67 bits per heavy atom. The van der Waals surface area contributed by atoms with Crippen LogP contribution in [0.3, 0.4) is 0 Å². The summed E-state index contributed by atoms with van der Waals surface area (Å²) < 4.78 is 0.880. The molecule has 0 radical (unpaired) electrons. The normalized spacial score (nSPS) is 12.4. The third-order valence-electron chi connectivity index (χ3n) is 3.02. The first-order valence-corrected chi connectivity index (χ1v) is 6.86. The van der Waals surface area contributed by atoms with Crippen molar-refractivity contribution in [2.24, 2.45) is 0 Å². The van der Waals surface area contributed by atoms with Crippen LogP contribution in [-0.4, -0.2) is 4.98 Å². The van der Waals surface area contributed by atoms with Crippen LogP contribution in [0.5, 0.6) is 0 Å². The Kier molecular flexibility index (Phi) is 4.50. The minimum atomic E-state index is 0.326. The Morgan fingerprint density at radius 2 is 1.94 bits per heavy atom. The minimum absolute atomic E-state index is 0.326. The van der Waals surface area contributed by atoms with Crippen LogP contribution < -0.4 is 5.32 Å². The predicted molar refractivity (Wildman–Crippen MR) is 78.4 cm³/mol. The molecule has 18 heavy (non-hydrogen) atoms. The second-order valence-electron chi connectivity index (χ2n) is 4.41. The van der Waals surface area contributed by atoms with Crippen LogP contribution in [0.15, 0.2) is 47.1 Å². The summed E-state index contributed by atoms with van der Waals surface area (Å²) in [5, 5.41) is 3.50. The Labute approximate surface area is 117 Å². The van der Waals surface area contributed by atoms with Gasteiger partial charge >= 0.3 is 0 Å². The van der Waals surface area contributed by atoms with E-state index in [4.69, 9.17) is 0 Å². The van der Waals surface area contributed by atoms with Crippen molar-refractivity contribution in [3.8, 4) is 0 Å². The van der Waals surface area contributed by atoms with E-state index < -0.39 is 0 Å². The van der Waals surface area contributed by atoms with E-state index in [1.54, 1.807) is 0 Å². The van der Waals surface area contributed by atoms with Gasteiger partial charge in [0, 0.05) is 12.6 Å². The number of nitrogens with one attached hydrogen (secondary N) is 1. The maximum absolute atomic E-state index is 4.42. The monoisotopic (exact) mass is 304 g/mol. The highest BCUT2D eigenvalue weighted by Gasteiger charge is 2.07. The fourth-order valence-corrected chi connectivity index (χ4v) is 2.37. The number of nitrogens with zero attached hydrogens (tertiary/aromatic N) is 1. The second kappa shape index (κ2) is 6.12. The summed E-state index contributed by atoms with van der Waals surface area (Å²) in [4.78, 5) is 4.42. The maximum Gasteiger partial charge on any atom is 0.106 e. The number of aryl methyl sites for hydroxylation is 1. The third-order valence-corrected chi connectivity index (χ3v) is 3.46. The van der Waals surface area contributed by atoms with Crippen molar-refractivity contribution in [2.75, 3.05) is 0 Å². The lowest BCUT2D eigenvalue weighted by atomic mass is 10.0. The average molecular weight is 305 g/mol. The molecule has 0 fully saturated rings. The van der Waals surface area contributed by atoms with E-state index in [9.17, 15) is 0 Å². The number of pyridine rings is 1. The summed E-state index contributed by atoms with van der Waals surface area (Å²) >= 11 is 3.39. The number of hydrogen-bond acceptors (Lipinski definition) is 2. The maximum atomic E-state index is 4.42. The standard InChI is InChI=1S/C15H17BrN2/c1-11-6-3-4-8-14(11)12(2)17-10-13-7-5-9-15(16)18-13/h3-9,12,17H,10H2,1-2H3/t12-/m0/s1. The Morgan fingerprint density at radius 1 is 1.17 bits per heavy atom. The van der Waals surface area contributed by atoms with Gasteiger partial charge in [-0.15, -0.1) is 0 Å². The van der Waals surface area contributed by atoms with Gasteiger partial charge in [-0.3, -0.25) is 0 Å². The van der Waals surface area contributed by atoms with Crippen molar-refractivity contribution < 1.29 is 0 Å². The molecule has 0 aliphatic rings. The summed E-state index contributed by atoms with van der Waals surface area (Å²) in [5.74, 6) is 0. The molecular weight excluding hydrogens is 288 g/mol. The summed E-state index contributed by atoms with van der Waals surface area (Å²) in [6.45, 7) is 5.10. The molecule has 2 nitrogen and oxygen atoms in total. The largest absolute Gasteiger partial charge is 0.305 e. The Bertz CT molecular complexity index is 525. The fourth-order valence-electron chi connectivity index (χ4n) is 1.99. The smallest absolute Gasteiger partial charge is 0.106 e. The van der Waals surface area contributed by atoms with E-state index >= 15 is 0 Å². The first kappa shape index (κ1) is 13.2. The predicted octanol–water partition coefficient (Wildman–Crippen LogP) is 4.00. The van der Waals surface area contributed by atoms with E-state index in [2.05, 4.69) is 64.3 Å². The second-order valence-corrected chi connectivity index (χ2v) is 5.22. The van der Waals surface area contributed by atoms with Crippen LogP contribution in [0.1, 0.15) is 29.8 Å². The zero-order valence-electron chi connectivity index (χ0n) is 10.7.